The van der Waals surface area contributed by atoms with Gasteiger partial charge in [-0.3, -0.25) is 0 Å². The van der Waals surface area contributed by atoms with Gasteiger partial charge >= 0.3 is 0 Å². The van der Waals surface area contributed by atoms with Crippen LogP contribution in [0, 0.1) is 6.92 Å². The van der Waals surface area contributed by atoms with Crippen molar-refractivity contribution >= 4 is 33.4 Å². The van der Waals surface area contributed by atoms with Gasteiger partial charge in [0.1, 0.15) is 0 Å². The third kappa shape index (κ3) is 3.73. The van der Waals surface area contributed by atoms with E-state index in [1.54, 1.807) is 6.20 Å². The van der Waals surface area contributed by atoms with Crippen LogP contribution in [0.4, 0.5) is 17.5 Å². The van der Waals surface area contributed by atoms with Gasteiger partial charge in [-0.05, 0) is 47.8 Å². The highest BCUT2D eigenvalue weighted by Gasteiger charge is 2.15. The van der Waals surface area contributed by atoms with Gasteiger partial charge in [-0.1, -0.05) is 25.1 Å². The van der Waals surface area contributed by atoms with Gasteiger partial charge in [0.05, 0.1) is 4.47 Å². The van der Waals surface area contributed by atoms with Crippen LogP contribution in [0.2, 0.25) is 0 Å². The molecule has 1 aromatic carbocycles. The zero-order valence-electron chi connectivity index (χ0n) is 12.7. The van der Waals surface area contributed by atoms with E-state index in [0.29, 0.717) is 5.95 Å². The number of para-hydroxylation sites is 1. The molecule has 0 fully saturated rings. The molecule has 0 aliphatic heterocycles. The first-order chi connectivity index (χ1) is 10.2. The quantitative estimate of drug-likeness (QED) is 0.832. The number of nitrogens with one attached hydrogen (secondary N) is 1. The van der Waals surface area contributed by atoms with E-state index >= 15 is 0 Å². The molecule has 0 saturated carbocycles. The van der Waals surface area contributed by atoms with Crippen LogP contribution in [0.3, 0.4) is 0 Å². The van der Waals surface area contributed by atoms with Crippen molar-refractivity contribution in [2.75, 3.05) is 23.3 Å². The maximum absolute atomic E-state index is 4.66. The fourth-order valence-electron chi connectivity index (χ4n) is 2.17. The van der Waals surface area contributed by atoms with Crippen LogP contribution in [0.15, 0.2) is 34.9 Å². The highest BCUT2D eigenvalue weighted by atomic mass is 79.9. The summed E-state index contributed by atoms with van der Waals surface area (Å²) in [6.45, 7) is 8.08. The number of hydrogen-bond donors (Lipinski definition) is 1. The predicted molar refractivity (Wildman–Crippen MR) is 92.4 cm³/mol. The van der Waals surface area contributed by atoms with E-state index < -0.39 is 0 Å². The van der Waals surface area contributed by atoms with Gasteiger partial charge in [0.25, 0.3) is 0 Å². The van der Waals surface area contributed by atoms with E-state index in [4.69, 9.17) is 0 Å². The lowest BCUT2D eigenvalue weighted by Crippen LogP contribution is -2.20. The van der Waals surface area contributed by atoms with Crippen LogP contribution in [0.1, 0.15) is 25.8 Å². The summed E-state index contributed by atoms with van der Waals surface area (Å²) in [5.41, 5.74) is 2.40. The van der Waals surface area contributed by atoms with Crippen LogP contribution < -0.4 is 10.2 Å². The van der Waals surface area contributed by atoms with Crippen molar-refractivity contribution in [1.29, 1.82) is 0 Å². The van der Waals surface area contributed by atoms with Crippen molar-refractivity contribution < 1.29 is 0 Å². The molecule has 0 atom stereocenters. The highest BCUT2D eigenvalue weighted by Crippen LogP contribution is 2.32. The Kier molecular flexibility index (Phi) is 5.56. The largest absolute Gasteiger partial charge is 0.354 e. The van der Waals surface area contributed by atoms with E-state index in [1.807, 2.05) is 0 Å². The van der Waals surface area contributed by atoms with Gasteiger partial charge in [0, 0.05) is 25.0 Å². The lowest BCUT2D eigenvalue weighted by Gasteiger charge is -2.25. The van der Waals surface area contributed by atoms with Crippen molar-refractivity contribution in [3.63, 3.8) is 0 Å². The maximum Gasteiger partial charge on any atom is 0.224 e. The SMILES string of the molecule is CCCNc1ncc(Br)c(N(CC)c2ccccc2C)n1. The van der Waals surface area contributed by atoms with E-state index in [0.717, 1.165) is 29.8 Å². The Hall–Kier alpha value is -1.62. The van der Waals surface area contributed by atoms with Crippen LogP contribution >= 0.6 is 15.9 Å². The lowest BCUT2D eigenvalue weighted by atomic mass is 10.2. The summed E-state index contributed by atoms with van der Waals surface area (Å²) in [5, 5.41) is 3.24. The monoisotopic (exact) mass is 348 g/mol. The normalized spacial score (nSPS) is 10.5. The van der Waals surface area contributed by atoms with Gasteiger partial charge in [0.15, 0.2) is 5.82 Å². The third-order valence-corrected chi connectivity index (χ3v) is 3.80. The summed E-state index contributed by atoms with van der Waals surface area (Å²) in [7, 11) is 0. The lowest BCUT2D eigenvalue weighted by molar-refractivity contribution is 0.929. The molecule has 0 spiro atoms. The van der Waals surface area contributed by atoms with Crippen molar-refractivity contribution in [2.45, 2.75) is 27.2 Å². The first kappa shape index (κ1) is 15.8. The van der Waals surface area contributed by atoms with Gasteiger partial charge < -0.3 is 10.2 Å². The molecule has 4 nitrogen and oxygen atoms in total. The summed E-state index contributed by atoms with van der Waals surface area (Å²) >= 11 is 3.57. The van der Waals surface area contributed by atoms with E-state index in [9.17, 15) is 0 Å². The van der Waals surface area contributed by atoms with Crippen molar-refractivity contribution in [1.82, 2.24) is 9.97 Å². The molecule has 21 heavy (non-hydrogen) atoms. The molecular formula is C16H21BrN4. The Morgan fingerprint density at radius 2 is 2.00 bits per heavy atom. The van der Waals surface area contributed by atoms with Gasteiger partial charge in [0.2, 0.25) is 5.95 Å². The predicted octanol–water partition coefficient (Wildman–Crippen LogP) is 4.53. The second-order valence-electron chi connectivity index (χ2n) is 4.82. The third-order valence-electron chi connectivity index (χ3n) is 3.24. The number of rotatable bonds is 6. The molecule has 112 valence electrons. The van der Waals surface area contributed by atoms with Crippen LogP contribution in [-0.4, -0.2) is 23.1 Å². The number of benzene rings is 1. The zero-order valence-corrected chi connectivity index (χ0v) is 14.3. The molecule has 0 bridgehead atoms. The standard InChI is InChI=1S/C16H21BrN4/c1-4-10-18-16-19-11-13(17)15(20-16)21(5-2)14-9-7-6-8-12(14)3/h6-9,11H,4-5,10H2,1-3H3,(H,18,19,20). The molecule has 5 heteroatoms. The smallest absolute Gasteiger partial charge is 0.224 e. The Morgan fingerprint density at radius 3 is 2.67 bits per heavy atom. The molecule has 0 aliphatic rings. The fourth-order valence-corrected chi connectivity index (χ4v) is 2.57. The van der Waals surface area contributed by atoms with Crippen LogP contribution in [0.25, 0.3) is 0 Å². The summed E-state index contributed by atoms with van der Waals surface area (Å²) < 4.78 is 0.898. The minimum atomic E-state index is 0.669. The summed E-state index contributed by atoms with van der Waals surface area (Å²) in [6.07, 6.45) is 2.85. The number of halogens is 1. The second kappa shape index (κ2) is 7.41. The van der Waals surface area contributed by atoms with Crippen molar-refractivity contribution in [3.8, 4) is 0 Å². The topological polar surface area (TPSA) is 41.1 Å². The van der Waals surface area contributed by atoms with E-state index in [1.165, 1.54) is 11.3 Å². The van der Waals surface area contributed by atoms with Gasteiger partial charge in [-0.2, -0.15) is 4.98 Å². The Labute approximate surface area is 134 Å². The summed E-state index contributed by atoms with van der Waals surface area (Å²) in [4.78, 5) is 11.2. The molecule has 2 aromatic rings. The number of anilines is 3. The number of hydrogen-bond acceptors (Lipinski definition) is 4. The molecule has 1 N–H and O–H groups in total. The Bertz CT molecular complexity index is 601. The van der Waals surface area contributed by atoms with E-state index in [-0.39, 0.29) is 0 Å². The zero-order chi connectivity index (χ0) is 15.2. The average molecular weight is 349 g/mol. The molecule has 1 aromatic heterocycles. The molecule has 0 unspecified atom stereocenters. The minimum absolute atomic E-state index is 0.669. The first-order valence-corrected chi connectivity index (χ1v) is 8.06. The second-order valence-corrected chi connectivity index (χ2v) is 5.68. The average Bonchev–Trinajstić information content (AvgIpc) is 2.50. The van der Waals surface area contributed by atoms with Crippen LogP contribution in [0.5, 0.6) is 0 Å². The Balaban J connectivity index is 2.40. The van der Waals surface area contributed by atoms with Crippen molar-refractivity contribution in [3.05, 3.63) is 40.5 Å². The van der Waals surface area contributed by atoms with E-state index in [2.05, 4.69) is 81.2 Å². The van der Waals surface area contributed by atoms with Crippen LogP contribution in [-0.2, 0) is 0 Å². The summed E-state index contributed by atoms with van der Waals surface area (Å²) in [6, 6.07) is 8.34. The molecule has 0 radical (unpaired) electrons. The maximum atomic E-state index is 4.66. The number of nitrogens with zero attached hydrogens (tertiary/aromatic N) is 3. The molecular weight excluding hydrogens is 328 g/mol. The van der Waals surface area contributed by atoms with Crippen molar-refractivity contribution in [2.24, 2.45) is 0 Å². The molecule has 0 amide bonds. The summed E-state index contributed by atoms with van der Waals surface area (Å²) in [5.74, 6) is 1.56. The highest BCUT2D eigenvalue weighted by molar-refractivity contribution is 9.10. The molecule has 2 rings (SSSR count). The number of aromatic nitrogens is 2. The first-order valence-electron chi connectivity index (χ1n) is 7.27. The molecule has 0 saturated heterocycles. The minimum Gasteiger partial charge on any atom is -0.354 e. The molecule has 0 aliphatic carbocycles. The fraction of sp³-hybridized carbons (Fsp3) is 0.375. The number of aryl methyl sites for hydroxylation is 1. The Morgan fingerprint density at radius 1 is 1.24 bits per heavy atom. The van der Waals surface area contributed by atoms with Gasteiger partial charge in [-0.15, -0.1) is 0 Å². The molecule has 1 heterocycles. The van der Waals surface area contributed by atoms with Gasteiger partial charge in [-0.25, -0.2) is 4.98 Å².